The zero-order valence-electron chi connectivity index (χ0n) is 18.4. The molecule has 1 aliphatic rings. The number of halogens is 1. The van der Waals surface area contributed by atoms with Gasteiger partial charge in [-0.2, -0.15) is 0 Å². The number of hydrogen-bond donors (Lipinski definition) is 1. The van der Waals surface area contributed by atoms with Crippen LogP contribution < -0.4 is 10.2 Å². The van der Waals surface area contributed by atoms with Gasteiger partial charge in [-0.3, -0.25) is 9.59 Å². The van der Waals surface area contributed by atoms with Gasteiger partial charge in [-0.1, -0.05) is 24.8 Å². The van der Waals surface area contributed by atoms with Gasteiger partial charge >= 0.3 is 0 Å². The predicted molar refractivity (Wildman–Crippen MR) is 129 cm³/mol. The quantitative estimate of drug-likeness (QED) is 0.521. The van der Waals surface area contributed by atoms with Crippen molar-refractivity contribution in [2.24, 2.45) is 0 Å². The first-order valence-corrected chi connectivity index (χ1v) is 10.6. The number of nitrogens with zero attached hydrogens (tertiary/aromatic N) is 3. The maximum Gasteiger partial charge on any atom is 0.250 e. The lowest BCUT2D eigenvalue weighted by Crippen LogP contribution is -2.29. The molecule has 0 saturated carbocycles. The van der Waals surface area contributed by atoms with Gasteiger partial charge in [0.05, 0.1) is 11.2 Å². The summed E-state index contributed by atoms with van der Waals surface area (Å²) in [6.07, 6.45) is 7.06. The molecule has 0 saturated heterocycles. The maximum absolute atomic E-state index is 14.4. The van der Waals surface area contributed by atoms with Crippen LogP contribution in [0.25, 0.3) is 16.5 Å². The van der Waals surface area contributed by atoms with E-state index in [0.717, 1.165) is 28.2 Å². The number of ketones is 1. The maximum atomic E-state index is 14.4. The van der Waals surface area contributed by atoms with Crippen LogP contribution in [0.2, 0.25) is 0 Å². The van der Waals surface area contributed by atoms with Gasteiger partial charge in [-0.05, 0) is 61.4 Å². The van der Waals surface area contributed by atoms with E-state index in [1.807, 2.05) is 37.3 Å². The number of amides is 1. The Balaban J connectivity index is 1.63. The van der Waals surface area contributed by atoms with Crippen LogP contribution in [0.15, 0.2) is 73.0 Å². The second kappa shape index (κ2) is 9.16. The SMILES string of the molecule is C=CC(=O)N(CC)c1cc(Nc2ncc3cc(C4=C(C)C=CCC4=O)ccc3n2)ccc1F. The first-order chi connectivity index (χ1) is 15.9. The van der Waals surface area contributed by atoms with Crippen LogP contribution in [0.4, 0.5) is 21.7 Å². The van der Waals surface area contributed by atoms with Crippen molar-refractivity contribution in [1.82, 2.24) is 9.97 Å². The second-order valence-electron chi connectivity index (χ2n) is 7.63. The molecule has 6 nitrogen and oxygen atoms in total. The van der Waals surface area contributed by atoms with Crippen molar-refractivity contribution in [3.05, 3.63) is 84.4 Å². The highest BCUT2D eigenvalue weighted by Gasteiger charge is 2.18. The number of hydrogen-bond acceptors (Lipinski definition) is 5. The summed E-state index contributed by atoms with van der Waals surface area (Å²) in [6, 6.07) is 10.0. The number of nitrogens with one attached hydrogen (secondary N) is 1. The van der Waals surface area contributed by atoms with Gasteiger partial charge in [0, 0.05) is 35.8 Å². The topological polar surface area (TPSA) is 75.2 Å². The monoisotopic (exact) mass is 442 g/mol. The van der Waals surface area contributed by atoms with Crippen molar-refractivity contribution < 1.29 is 14.0 Å². The molecule has 0 bridgehead atoms. The number of anilines is 3. The molecule has 3 aromatic rings. The van der Waals surface area contributed by atoms with Crippen LogP contribution in [0.3, 0.4) is 0 Å². The first kappa shape index (κ1) is 22.1. The molecule has 4 rings (SSSR count). The lowest BCUT2D eigenvalue weighted by atomic mass is 9.91. The summed E-state index contributed by atoms with van der Waals surface area (Å²) in [5.41, 5.74) is 3.88. The lowest BCUT2D eigenvalue weighted by molar-refractivity contribution is -0.114. The molecule has 0 spiro atoms. The van der Waals surface area contributed by atoms with Crippen LogP contribution in [0, 0.1) is 5.82 Å². The van der Waals surface area contributed by atoms with E-state index in [9.17, 15) is 14.0 Å². The summed E-state index contributed by atoms with van der Waals surface area (Å²) in [7, 11) is 0. The molecule has 1 aromatic heterocycles. The number of rotatable bonds is 6. The summed E-state index contributed by atoms with van der Waals surface area (Å²) < 4.78 is 14.4. The summed E-state index contributed by atoms with van der Waals surface area (Å²) in [6.45, 7) is 7.46. The fourth-order valence-electron chi connectivity index (χ4n) is 3.87. The van der Waals surface area contributed by atoms with E-state index in [0.29, 0.717) is 30.1 Å². The standard InChI is InChI=1S/C26H23FN4O2/c1-4-24(33)31(5-2)22-14-19(10-11-20(22)27)29-26-28-15-18-13-17(9-12-21(18)30-26)25-16(3)7-6-8-23(25)32/h4,6-7,9-15H,1,5,8H2,2-3H3,(H,28,29,30). The minimum absolute atomic E-state index is 0.0942. The third-order valence-corrected chi connectivity index (χ3v) is 5.46. The molecule has 1 N–H and O–H groups in total. The van der Waals surface area contributed by atoms with Crippen molar-refractivity contribution in [2.75, 3.05) is 16.8 Å². The fraction of sp³-hybridized carbons (Fsp3) is 0.154. The Morgan fingerprint density at radius 1 is 1.27 bits per heavy atom. The molecule has 166 valence electrons. The molecule has 7 heteroatoms. The molecule has 1 aliphatic carbocycles. The number of allylic oxidation sites excluding steroid dienone is 4. The highest BCUT2D eigenvalue weighted by atomic mass is 19.1. The molecule has 1 heterocycles. The number of carbonyl (C=O) groups is 2. The Bertz CT molecular complexity index is 1340. The van der Waals surface area contributed by atoms with E-state index in [4.69, 9.17) is 0 Å². The van der Waals surface area contributed by atoms with Crippen molar-refractivity contribution in [3.8, 4) is 0 Å². The molecular formula is C26H23FN4O2. The summed E-state index contributed by atoms with van der Waals surface area (Å²) in [5.74, 6) is -0.473. The largest absolute Gasteiger partial charge is 0.324 e. The molecule has 33 heavy (non-hydrogen) atoms. The molecule has 0 aliphatic heterocycles. The smallest absolute Gasteiger partial charge is 0.250 e. The van der Waals surface area contributed by atoms with Gasteiger partial charge in [0.2, 0.25) is 11.9 Å². The van der Waals surface area contributed by atoms with E-state index in [2.05, 4.69) is 21.9 Å². The first-order valence-electron chi connectivity index (χ1n) is 10.6. The van der Waals surface area contributed by atoms with E-state index in [1.54, 1.807) is 19.2 Å². The van der Waals surface area contributed by atoms with Gasteiger partial charge in [0.1, 0.15) is 5.82 Å². The fourth-order valence-corrected chi connectivity index (χ4v) is 3.87. The van der Waals surface area contributed by atoms with Gasteiger partial charge < -0.3 is 10.2 Å². The van der Waals surface area contributed by atoms with Gasteiger partial charge in [0.15, 0.2) is 5.78 Å². The Kier molecular flexibility index (Phi) is 6.13. The van der Waals surface area contributed by atoms with E-state index in [1.165, 1.54) is 17.0 Å². The second-order valence-corrected chi connectivity index (χ2v) is 7.63. The number of Topliss-reactive ketones (excluding diaryl/α,β-unsaturated/α-hetero) is 1. The van der Waals surface area contributed by atoms with Gasteiger partial charge in [0.25, 0.3) is 0 Å². The lowest BCUT2D eigenvalue weighted by Gasteiger charge is -2.20. The van der Waals surface area contributed by atoms with Crippen LogP contribution in [0.5, 0.6) is 0 Å². The third kappa shape index (κ3) is 4.43. The average Bonchev–Trinajstić information content (AvgIpc) is 2.81. The van der Waals surface area contributed by atoms with Crippen molar-refractivity contribution in [3.63, 3.8) is 0 Å². The minimum atomic E-state index is -0.513. The summed E-state index contributed by atoms with van der Waals surface area (Å²) in [5, 5.41) is 3.87. The summed E-state index contributed by atoms with van der Waals surface area (Å²) in [4.78, 5) is 34.6. The zero-order chi connectivity index (χ0) is 23.5. The molecule has 0 atom stereocenters. The highest BCUT2D eigenvalue weighted by molar-refractivity contribution is 6.23. The zero-order valence-corrected chi connectivity index (χ0v) is 18.4. The number of fused-ring (bicyclic) bond motifs is 1. The Morgan fingerprint density at radius 3 is 2.82 bits per heavy atom. The van der Waals surface area contributed by atoms with Gasteiger partial charge in [-0.15, -0.1) is 0 Å². The van der Waals surface area contributed by atoms with Crippen LogP contribution in [-0.2, 0) is 9.59 Å². The Labute approximate surface area is 191 Å². The number of carbonyl (C=O) groups excluding carboxylic acids is 2. The number of likely N-dealkylation sites (N-methyl/N-ethyl adjacent to an activating group) is 1. The van der Waals surface area contributed by atoms with Crippen molar-refractivity contribution in [2.45, 2.75) is 20.3 Å². The predicted octanol–water partition coefficient (Wildman–Crippen LogP) is 5.35. The highest BCUT2D eigenvalue weighted by Crippen LogP contribution is 2.29. The van der Waals surface area contributed by atoms with Crippen molar-refractivity contribution in [1.29, 1.82) is 0 Å². The number of aromatic nitrogens is 2. The van der Waals surface area contributed by atoms with Crippen LogP contribution in [-0.4, -0.2) is 28.2 Å². The third-order valence-electron chi connectivity index (χ3n) is 5.46. The normalized spacial score (nSPS) is 13.4. The van der Waals surface area contributed by atoms with Crippen molar-refractivity contribution >= 4 is 45.5 Å². The minimum Gasteiger partial charge on any atom is -0.324 e. The van der Waals surface area contributed by atoms with E-state index in [-0.39, 0.29) is 17.4 Å². The van der Waals surface area contributed by atoms with E-state index >= 15 is 0 Å². The number of benzene rings is 2. The van der Waals surface area contributed by atoms with Crippen LogP contribution in [0.1, 0.15) is 25.8 Å². The molecule has 2 aromatic carbocycles. The molecule has 0 radical (unpaired) electrons. The van der Waals surface area contributed by atoms with E-state index < -0.39 is 5.82 Å². The van der Waals surface area contributed by atoms with Crippen LogP contribution >= 0.6 is 0 Å². The Hall–Kier alpha value is -4.13. The molecule has 0 fully saturated rings. The average molecular weight is 442 g/mol. The molecule has 1 amide bonds. The molecular weight excluding hydrogens is 419 g/mol. The summed E-state index contributed by atoms with van der Waals surface area (Å²) >= 11 is 0. The van der Waals surface area contributed by atoms with Gasteiger partial charge in [-0.25, -0.2) is 14.4 Å². The Morgan fingerprint density at radius 2 is 2.09 bits per heavy atom. The molecule has 0 unspecified atom stereocenters.